The van der Waals surface area contributed by atoms with E-state index in [0.717, 1.165) is 121 Å². The van der Waals surface area contributed by atoms with E-state index in [-0.39, 0.29) is 80.4 Å². The van der Waals surface area contributed by atoms with Crippen molar-refractivity contribution in [2.45, 2.75) is 0 Å². The molecule has 0 aliphatic heterocycles. The van der Waals surface area contributed by atoms with Crippen molar-refractivity contribution in [1.29, 1.82) is 0 Å². The molecule has 0 aliphatic rings. The van der Waals surface area contributed by atoms with E-state index >= 15 is 0 Å². The van der Waals surface area contributed by atoms with Gasteiger partial charge in [0.2, 0.25) is 0 Å². The van der Waals surface area contributed by atoms with E-state index in [1.165, 1.54) is 16.7 Å². The summed E-state index contributed by atoms with van der Waals surface area (Å²) in [6.45, 7) is 0. The molecule has 612 valence electrons. The molecule has 19 rings (SSSR count). The van der Waals surface area contributed by atoms with Gasteiger partial charge in [-0.05, 0) is 104 Å². The maximum Gasteiger partial charge on any atom is 0.0702 e. The topological polar surface area (TPSA) is 144 Å². The van der Waals surface area contributed by atoms with Crippen LogP contribution in [0.15, 0.2) is 468 Å². The third-order valence-electron chi connectivity index (χ3n) is 16.9. The normalized spacial score (nSPS) is 9.38. The van der Waals surface area contributed by atoms with Crippen molar-refractivity contribution in [2.75, 3.05) is 14.2 Å². The number of benzene rings is 11. The fourth-order valence-electron chi connectivity index (χ4n) is 11.2. The summed E-state index contributed by atoms with van der Waals surface area (Å²) in [5.41, 5.74) is 23.2. The van der Waals surface area contributed by atoms with Gasteiger partial charge in [0.1, 0.15) is 0 Å². The molecular formula is C108H85Ir4N8O2-7. The first-order valence-electron chi connectivity index (χ1n) is 38.0. The quantitative estimate of drug-likeness (QED) is 0.120. The minimum atomic E-state index is 0. The van der Waals surface area contributed by atoms with Gasteiger partial charge in [-0.25, -0.2) is 0 Å². The molecule has 0 aliphatic carbocycles. The van der Waals surface area contributed by atoms with Gasteiger partial charge in [0.25, 0.3) is 0 Å². The molecule has 0 bridgehead atoms. The van der Waals surface area contributed by atoms with E-state index in [4.69, 9.17) is 10.2 Å². The van der Waals surface area contributed by atoms with Crippen molar-refractivity contribution in [2.24, 2.45) is 0 Å². The minimum absolute atomic E-state index is 0. The average molecular weight is 2300 g/mol. The van der Waals surface area contributed by atoms with Crippen LogP contribution in [0.1, 0.15) is 0 Å². The summed E-state index contributed by atoms with van der Waals surface area (Å²) in [4.78, 5) is 34.6. The van der Waals surface area contributed by atoms with Crippen LogP contribution in [0.3, 0.4) is 0 Å². The number of nitrogens with zero attached hydrogens (tertiary/aromatic N) is 8. The molecule has 0 unspecified atom stereocenters. The number of hydrogen-bond donors (Lipinski definition) is 2. The van der Waals surface area contributed by atoms with Crippen LogP contribution in [-0.2, 0) is 80.4 Å². The molecule has 8 aromatic heterocycles. The third-order valence-corrected chi connectivity index (χ3v) is 16.9. The van der Waals surface area contributed by atoms with Gasteiger partial charge in [0, 0.05) is 155 Å². The zero-order valence-corrected chi connectivity index (χ0v) is 76.3. The Bertz CT molecular complexity index is 4660. The average Bonchev–Trinajstić information content (AvgIpc) is 0.846. The molecule has 0 amide bonds. The first-order chi connectivity index (χ1) is 58.6. The van der Waals surface area contributed by atoms with Crippen LogP contribution in [0, 0.1) is 42.5 Å². The molecule has 19 aromatic rings. The second-order valence-electron chi connectivity index (χ2n) is 24.8. The van der Waals surface area contributed by atoms with Crippen molar-refractivity contribution in [3.05, 3.63) is 511 Å². The monoisotopic (exact) mass is 2300 g/mol. The molecule has 14 heteroatoms. The van der Waals surface area contributed by atoms with Gasteiger partial charge in [-0.2, -0.15) is 0 Å². The van der Waals surface area contributed by atoms with Gasteiger partial charge < -0.3 is 45.1 Å². The number of hydrogen-bond acceptors (Lipinski definition) is 10. The van der Waals surface area contributed by atoms with Crippen molar-refractivity contribution >= 4 is 0 Å². The summed E-state index contributed by atoms with van der Waals surface area (Å²) < 4.78 is 0. The van der Waals surface area contributed by atoms with E-state index in [1.807, 2.05) is 364 Å². The second-order valence-corrected chi connectivity index (χ2v) is 24.8. The minimum Gasteiger partial charge on any atom is -0.400 e. The van der Waals surface area contributed by atoms with Gasteiger partial charge in [-0.15, -0.1) is 251 Å². The number of aliphatic hydroxyl groups is 2. The van der Waals surface area contributed by atoms with Gasteiger partial charge in [-0.1, -0.05) is 212 Å². The molecule has 4 radical (unpaired) electrons. The number of aliphatic hydroxyl groups excluding tert-OH is 2. The predicted octanol–water partition coefficient (Wildman–Crippen LogP) is 24.8. The fourth-order valence-corrected chi connectivity index (χ4v) is 11.2. The number of rotatable bonds is 11. The predicted molar refractivity (Wildman–Crippen MR) is 482 cm³/mol. The Morgan fingerprint density at radius 3 is 0.484 bits per heavy atom. The maximum atomic E-state index is 7.00. The van der Waals surface area contributed by atoms with Crippen LogP contribution in [-0.4, -0.2) is 64.3 Å². The van der Waals surface area contributed by atoms with Gasteiger partial charge in [0.15, 0.2) is 0 Å². The first-order valence-corrected chi connectivity index (χ1v) is 38.0. The van der Waals surface area contributed by atoms with Crippen molar-refractivity contribution in [3.63, 3.8) is 0 Å². The summed E-state index contributed by atoms with van der Waals surface area (Å²) in [6.07, 6.45) is 14.7. The summed E-state index contributed by atoms with van der Waals surface area (Å²) in [5.74, 6) is 0. The Morgan fingerprint density at radius 1 is 0.148 bits per heavy atom. The number of pyridine rings is 8. The summed E-state index contributed by atoms with van der Waals surface area (Å²) in [7, 11) is 2.00. The molecule has 11 aromatic carbocycles. The van der Waals surface area contributed by atoms with E-state index in [9.17, 15) is 0 Å². The van der Waals surface area contributed by atoms with Gasteiger partial charge >= 0.3 is 0 Å². The standard InChI is InChI=1S/C17H13N.2C17H12N.5C11H8N.2CH4O.4Ir/c3*1-3-7-14(8-4-1)16-11-12-17(18-13-16)15-9-5-2-6-10-15;5*1-2-6-10(7-3-1)11-8-4-5-9-12-11;2*1-2;;;;/h1-13H;2*1-9,11-13H;5*1-6,8-9H;2*2H,1H3;;;;/q;7*-1;;;;;;. The molecule has 0 atom stereocenters. The van der Waals surface area contributed by atoms with E-state index in [1.54, 1.807) is 31.0 Å². The Kier molecular flexibility index (Phi) is 47.3. The largest absolute Gasteiger partial charge is 0.400 e. The molecule has 0 spiro atoms. The molecule has 10 nitrogen and oxygen atoms in total. The Hall–Kier alpha value is -12.9. The second kappa shape index (κ2) is 58.9. The SMILES string of the molecule is CO.CO.[Ir].[Ir].[Ir].[Ir].[c-]1ccccc1-c1ccc(-c2ccccc2)cn1.[c-]1ccccc1-c1ccc(-c2ccccc2)cn1.[c-]1ccccc1-c1ccccn1.[c-]1ccccc1-c1ccccn1.[c-]1ccccc1-c1ccccn1.[c-]1ccccc1-c1ccccn1.[c-]1ccccc1-c1ccccn1.c1ccc(-c2ccc(-c3ccccc3)nc2)cc1. The summed E-state index contributed by atoms with van der Waals surface area (Å²) in [6, 6.07) is 160. The van der Waals surface area contributed by atoms with Crippen molar-refractivity contribution in [1.82, 2.24) is 39.9 Å². The Labute approximate surface area is 772 Å². The third kappa shape index (κ3) is 33.7. The van der Waals surface area contributed by atoms with Crippen molar-refractivity contribution in [3.8, 4) is 123 Å². The van der Waals surface area contributed by atoms with Crippen LogP contribution in [0.4, 0.5) is 0 Å². The van der Waals surface area contributed by atoms with E-state index < -0.39 is 0 Å². The molecule has 2 N–H and O–H groups in total. The zero-order chi connectivity index (χ0) is 81.8. The van der Waals surface area contributed by atoms with Crippen molar-refractivity contribution < 1.29 is 90.6 Å². The molecule has 0 saturated heterocycles. The van der Waals surface area contributed by atoms with Gasteiger partial charge in [0.05, 0.1) is 5.69 Å². The summed E-state index contributed by atoms with van der Waals surface area (Å²) >= 11 is 0. The summed E-state index contributed by atoms with van der Waals surface area (Å²) in [5, 5.41) is 14.0. The van der Waals surface area contributed by atoms with Crippen LogP contribution in [0.5, 0.6) is 0 Å². The first kappa shape index (κ1) is 98.0. The zero-order valence-electron chi connectivity index (χ0n) is 66.8. The van der Waals surface area contributed by atoms with Crippen LogP contribution < -0.4 is 0 Å². The van der Waals surface area contributed by atoms with E-state index in [2.05, 4.69) is 155 Å². The smallest absolute Gasteiger partial charge is 0.0702 e. The molecular weight excluding hydrogens is 2210 g/mol. The molecule has 0 saturated carbocycles. The molecule has 122 heavy (non-hydrogen) atoms. The van der Waals surface area contributed by atoms with Gasteiger partial charge in [-0.3, -0.25) is 4.98 Å². The molecule has 0 fully saturated rings. The van der Waals surface area contributed by atoms with Crippen LogP contribution in [0.25, 0.3) is 123 Å². The Morgan fingerprint density at radius 2 is 0.320 bits per heavy atom. The van der Waals surface area contributed by atoms with Crippen LogP contribution >= 0.6 is 0 Å². The fraction of sp³-hybridized carbons (Fsp3) is 0.0185. The maximum absolute atomic E-state index is 7.00. The number of aromatic nitrogens is 8. The Balaban J connectivity index is 0.000000215. The molecule has 8 heterocycles. The van der Waals surface area contributed by atoms with E-state index in [0.29, 0.717) is 0 Å². The van der Waals surface area contributed by atoms with Crippen LogP contribution in [0.2, 0.25) is 0 Å².